The van der Waals surface area contributed by atoms with Crippen molar-refractivity contribution in [2.45, 2.75) is 25.1 Å². The maximum atomic E-state index is 4.72. The number of fused-ring (bicyclic) bond motifs is 1. The fourth-order valence-electron chi connectivity index (χ4n) is 3.05. The molecule has 23 heavy (non-hydrogen) atoms. The summed E-state index contributed by atoms with van der Waals surface area (Å²) >= 11 is 1.92. The molecule has 6 nitrogen and oxygen atoms in total. The summed E-state index contributed by atoms with van der Waals surface area (Å²) in [6.07, 6.45) is 5.76. The van der Waals surface area contributed by atoms with Crippen LogP contribution in [0.5, 0.6) is 0 Å². The lowest BCUT2D eigenvalue weighted by atomic mass is 10.2. The number of aliphatic imine (C=N–C) groups is 1. The second-order valence-electron chi connectivity index (χ2n) is 6.76. The van der Waals surface area contributed by atoms with Crippen molar-refractivity contribution in [1.82, 2.24) is 24.2 Å². The standard InChI is InChI=1S/C16H22N6S/c1-16(2)12-19-15(23-16)21-8-6-20(7-9-21)11-13-10-18-14-17-4-3-5-22(13)14/h3-5,10H,6-9,11-12H2,1-2H3. The second kappa shape index (κ2) is 5.79. The summed E-state index contributed by atoms with van der Waals surface area (Å²) in [5.74, 6) is 0.778. The predicted molar refractivity (Wildman–Crippen MR) is 93.8 cm³/mol. The zero-order chi connectivity index (χ0) is 15.9. The van der Waals surface area contributed by atoms with Crippen LogP contribution in [0.15, 0.2) is 29.6 Å². The highest BCUT2D eigenvalue weighted by atomic mass is 32.2. The number of rotatable bonds is 2. The maximum Gasteiger partial charge on any atom is 0.233 e. The minimum Gasteiger partial charge on any atom is -0.349 e. The molecule has 2 aromatic rings. The van der Waals surface area contributed by atoms with Gasteiger partial charge in [0.15, 0.2) is 5.17 Å². The molecule has 0 aromatic carbocycles. The van der Waals surface area contributed by atoms with E-state index in [9.17, 15) is 0 Å². The summed E-state index contributed by atoms with van der Waals surface area (Å²) in [5, 5.41) is 1.23. The molecule has 2 aliphatic heterocycles. The van der Waals surface area contributed by atoms with Gasteiger partial charge in [0, 0.05) is 49.9 Å². The third-order valence-electron chi connectivity index (χ3n) is 4.36. The normalized spacial score (nSPS) is 21.8. The molecule has 4 heterocycles. The number of nitrogens with zero attached hydrogens (tertiary/aromatic N) is 6. The molecule has 0 spiro atoms. The Bertz CT molecular complexity index is 729. The highest BCUT2D eigenvalue weighted by molar-refractivity contribution is 8.15. The predicted octanol–water partition coefficient (Wildman–Crippen LogP) is 1.73. The SMILES string of the molecule is CC1(C)CN=C(N2CCN(Cc3cnc4ncccn34)CC2)S1. The molecule has 0 saturated carbocycles. The number of hydrogen-bond donors (Lipinski definition) is 0. The Labute approximate surface area is 140 Å². The highest BCUT2D eigenvalue weighted by Gasteiger charge is 2.31. The van der Waals surface area contributed by atoms with Gasteiger partial charge in [0.05, 0.1) is 18.4 Å². The Kier molecular flexibility index (Phi) is 3.77. The lowest BCUT2D eigenvalue weighted by molar-refractivity contribution is 0.175. The van der Waals surface area contributed by atoms with E-state index < -0.39 is 0 Å². The van der Waals surface area contributed by atoms with Gasteiger partial charge in [-0.25, -0.2) is 9.97 Å². The first-order chi connectivity index (χ1) is 11.1. The van der Waals surface area contributed by atoms with E-state index in [-0.39, 0.29) is 4.75 Å². The van der Waals surface area contributed by atoms with Crippen molar-refractivity contribution >= 4 is 22.7 Å². The van der Waals surface area contributed by atoms with E-state index in [1.807, 2.05) is 30.2 Å². The number of hydrogen-bond acceptors (Lipinski definition) is 6. The van der Waals surface area contributed by atoms with Crippen LogP contribution < -0.4 is 0 Å². The molecule has 0 amide bonds. The Balaban J connectivity index is 1.37. The Morgan fingerprint density at radius 1 is 1.17 bits per heavy atom. The van der Waals surface area contributed by atoms with Crippen molar-refractivity contribution in [3.8, 4) is 0 Å². The van der Waals surface area contributed by atoms with Crippen LogP contribution in [-0.2, 0) is 6.54 Å². The van der Waals surface area contributed by atoms with Gasteiger partial charge in [0.2, 0.25) is 5.78 Å². The van der Waals surface area contributed by atoms with Crippen molar-refractivity contribution in [2.75, 3.05) is 32.7 Å². The summed E-state index contributed by atoms with van der Waals surface area (Å²) in [6.45, 7) is 10.6. The molecule has 2 aliphatic rings. The Morgan fingerprint density at radius 2 is 2.00 bits per heavy atom. The van der Waals surface area contributed by atoms with Crippen LogP contribution >= 0.6 is 11.8 Å². The Hall–Kier alpha value is -1.60. The molecule has 7 heteroatoms. The third-order valence-corrected chi connectivity index (χ3v) is 5.61. The van der Waals surface area contributed by atoms with Crippen molar-refractivity contribution in [3.05, 3.63) is 30.4 Å². The van der Waals surface area contributed by atoms with Crippen LogP contribution in [0.2, 0.25) is 0 Å². The number of amidine groups is 1. The number of piperazine rings is 1. The molecule has 1 fully saturated rings. The van der Waals surface area contributed by atoms with Crippen LogP contribution in [0.25, 0.3) is 5.78 Å². The summed E-state index contributed by atoms with van der Waals surface area (Å²) in [7, 11) is 0. The average molecular weight is 330 g/mol. The molecular formula is C16H22N6S. The smallest absolute Gasteiger partial charge is 0.233 e. The molecule has 4 rings (SSSR count). The molecule has 0 atom stereocenters. The quantitative estimate of drug-likeness (QED) is 0.839. The average Bonchev–Trinajstić information content (AvgIpc) is 3.12. The molecule has 0 aliphatic carbocycles. The van der Waals surface area contributed by atoms with Crippen LogP contribution in [0.4, 0.5) is 0 Å². The maximum absolute atomic E-state index is 4.72. The van der Waals surface area contributed by atoms with E-state index in [0.29, 0.717) is 0 Å². The van der Waals surface area contributed by atoms with Gasteiger partial charge in [-0.1, -0.05) is 11.8 Å². The van der Waals surface area contributed by atoms with Crippen LogP contribution in [0, 0.1) is 0 Å². The van der Waals surface area contributed by atoms with Gasteiger partial charge >= 0.3 is 0 Å². The molecule has 2 aromatic heterocycles. The zero-order valence-corrected chi connectivity index (χ0v) is 14.5. The van der Waals surface area contributed by atoms with Gasteiger partial charge < -0.3 is 4.90 Å². The molecule has 1 saturated heterocycles. The lowest BCUT2D eigenvalue weighted by Crippen LogP contribution is -2.47. The van der Waals surface area contributed by atoms with Gasteiger partial charge in [-0.3, -0.25) is 14.3 Å². The molecule has 0 N–H and O–H groups in total. The second-order valence-corrected chi connectivity index (χ2v) is 8.44. The largest absolute Gasteiger partial charge is 0.349 e. The molecule has 0 bridgehead atoms. The number of aromatic nitrogens is 3. The van der Waals surface area contributed by atoms with Crippen LogP contribution in [0.3, 0.4) is 0 Å². The van der Waals surface area contributed by atoms with E-state index in [4.69, 9.17) is 4.99 Å². The van der Waals surface area contributed by atoms with E-state index >= 15 is 0 Å². The van der Waals surface area contributed by atoms with Crippen molar-refractivity contribution in [2.24, 2.45) is 4.99 Å². The summed E-state index contributed by atoms with van der Waals surface area (Å²) < 4.78 is 2.34. The molecule has 0 radical (unpaired) electrons. The highest BCUT2D eigenvalue weighted by Crippen LogP contribution is 2.33. The van der Waals surface area contributed by atoms with Crippen molar-refractivity contribution < 1.29 is 0 Å². The monoisotopic (exact) mass is 330 g/mol. The Morgan fingerprint density at radius 3 is 2.74 bits per heavy atom. The van der Waals surface area contributed by atoms with Crippen LogP contribution in [0.1, 0.15) is 19.5 Å². The van der Waals surface area contributed by atoms with E-state index in [1.165, 1.54) is 10.9 Å². The zero-order valence-electron chi connectivity index (χ0n) is 13.6. The van der Waals surface area contributed by atoms with Crippen molar-refractivity contribution in [3.63, 3.8) is 0 Å². The van der Waals surface area contributed by atoms with Crippen molar-refractivity contribution in [1.29, 1.82) is 0 Å². The van der Waals surface area contributed by atoms with Gasteiger partial charge in [-0.15, -0.1) is 0 Å². The number of imidazole rings is 1. The summed E-state index contributed by atoms with van der Waals surface area (Å²) in [4.78, 5) is 18.3. The topological polar surface area (TPSA) is 49.0 Å². The minimum absolute atomic E-state index is 0.260. The molecule has 122 valence electrons. The van der Waals surface area contributed by atoms with Crippen LogP contribution in [-0.4, -0.2) is 66.8 Å². The summed E-state index contributed by atoms with van der Waals surface area (Å²) in [6, 6.07) is 1.95. The first kappa shape index (κ1) is 15.0. The lowest BCUT2D eigenvalue weighted by Gasteiger charge is -2.35. The van der Waals surface area contributed by atoms with E-state index in [0.717, 1.165) is 45.0 Å². The first-order valence-corrected chi connectivity index (χ1v) is 8.90. The third kappa shape index (κ3) is 3.07. The fourth-order valence-corrected chi connectivity index (χ4v) is 4.12. The molecule has 0 unspecified atom stereocenters. The first-order valence-electron chi connectivity index (χ1n) is 8.08. The van der Waals surface area contributed by atoms with Gasteiger partial charge in [-0.05, 0) is 19.9 Å². The fraction of sp³-hybridized carbons (Fsp3) is 0.562. The van der Waals surface area contributed by atoms with Gasteiger partial charge in [-0.2, -0.15) is 0 Å². The summed E-state index contributed by atoms with van der Waals surface area (Å²) in [5.41, 5.74) is 1.20. The molecular weight excluding hydrogens is 308 g/mol. The van der Waals surface area contributed by atoms with E-state index in [2.05, 4.69) is 38.0 Å². The van der Waals surface area contributed by atoms with E-state index in [1.54, 1.807) is 6.20 Å². The van der Waals surface area contributed by atoms with Gasteiger partial charge in [0.1, 0.15) is 0 Å². The minimum atomic E-state index is 0.260. The van der Waals surface area contributed by atoms with Gasteiger partial charge in [0.25, 0.3) is 0 Å². The number of thioether (sulfide) groups is 1.